The number of aromatic nitrogens is 1. The van der Waals surface area contributed by atoms with E-state index >= 15 is 0 Å². The average Bonchev–Trinajstić information content (AvgIpc) is 2.76. The second-order valence-electron chi connectivity index (χ2n) is 7.19. The highest BCUT2D eigenvalue weighted by Gasteiger charge is 2.14. The topological polar surface area (TPSA) is 88.2 Å². The molecule has 0 spiro atoms. The summed E-state index contributed by atoms with van der Waals surface area (Å²) in [5, 5.41) is 3.58. The molecule has 8 heteroatoms. The van der Waals surface area contributed by atoms with Crippen LogP contribution in [-0.2, 0) is 22.3 Å². The van der Waals surface area contributed by atoms with Crippen molar-refractivity contribution in [3.63, 3.8) is 0 Å². The van der Waals surface area contributed by atoms with E-state index in [1.165, 1.54) is 18.8 Å². The first kappa shape index (κ1) is 23.0. The first-order valence-corrected chi connectivity index (χ1v) is 12.2. The van der Waals surface area contributed by atoms with Crippen LogP contribution < -0.4 is 10.0 Å². The Morgan fingerprint density at radius 3 is 2.45 bits per heavy atom. The van der Waals surface area contributed by atoms with E-state index in [9.17, 15) is 13.2 Å². The van der Waals surface area contributed by atoms with Crippen molar-refractivity contribution < 1.29 is 13.2 Å². The van der Waals surface area contributed by atoms with Gasteiger partial charge in [0.1, 0.15) is 5.03 Å². The minimum atomic E-state index is -3.31. The Bertz CT molecular complexity index is 1180. The number of pyridine rings is 1. The molecule has 2 aromatic carbocycles. The summed E-state index contributed by atoms with van der Waals surface area (Å²) in [6.45, 7) is 4.41. The minimum absolute atomic E-state index is 0.0786. The molecule has 0 unspecified atom stereocenters. The minimum Gasteiger partial charge on any atom is -0.348 e. The van der Waals surface area contributed by atoms with Crippen LogP contribution in [0.4, 0.5) is 0 Å². The lowest BCUT2D eigenvalue weighted by molar-refractivity contribution is 0.0947. The molecule has 1 heterocycles. The molecule has 0 aliphatic carbocycles. The summed E-state index contributed by atoms with van der Waals surface area (Å²) in [6, 6.07) is 16.9. The molecule has 31 heavy (non-hydrogen) atoms. The number of carbonyl (C=O) groups is 1. The molecule has 0 saturated heterocycles. The Kier molecular flexibility index (Phi) is 7.48. The van der Waals surface area contributed by atoms with Gasteiger partial charge in [-0.15, -0.1) is 0 Å². The zero-order valence-corrected chi connectivity index (χ0v) is 19.3. The molecule has 1 aromatic heterocycles. The van der Waals surface area contributed by atoms with Crippen molar-refractivity contribution in [2.45, 2.75) is 36.1 Å². The number of aryl methyl sites for hydroxylation is 2. The highest BCUT2D eigenvalue weighted by Crippen LogP contribution is 2.31. The van der Waals surface area contributed by atoms with Crippen molar-refractivity contribution in [2.24, 2.45) is 0 Å². The summed E-state index contributed by atoms with van der Waals surface area (Å²) in [4.78, 5) is 18.3. The number of sulfonamides is 1. The molecule has 0 radical (unpaired) electrons. The molecule has 1 amide bonds. The van der Waals surface area contributed by atoms with E-state index < -0.39 is 10.0 Å². The first-order valence-electron chi connectivity index (χ1n) is 9.75. The molecular weight excluding hydrogens is 430 g/mol. The van der Waals surface area contributed by atoms with E-state index in [1.807, 2.05) is 26.0 Å². The maximum absolute atomic E-state index is 12.8. The second kappa shape index (κ2) is 10.1. The van der Waals surface area contributed by atoms with Crippen LogP contribution in [-0.4, -0.2) is 26.4 Å². The molecule has 0 fully saturated rings. The number of rotatable bonds is 8. The maximum atomic E-state index is 12.8. The van der Waals surface area contributed by atoms with Gasteiger partial charge in [0.25, 0.3) is 5.91 Å². The molecule has 2 N–H and O–H groups in total. The van der Waals surface area contributed by atoms with Gasteiger partial charge in [-0.05, 0) is 61.3 Å². The molecule has 0 aliphatic rings. The van der Waals surface area contributed by atoms with Crippen molar-refractivity contribution in [3.05, 3.63) is 88.6 Å². The fraction of sp³-hybridized carbons (Fsp3) is 0.217. The summed E-state index contributed by atoms with van der Waals surface area (Å²) in [5.41, 5.74) is 4.37. The quantitative estimate of drug-likeness (QED) is 0.539. The average molecular weight is 456 g/mol. The molecule has 0 atom stereocenters. The summed E-state index contributed by atoms with van der Waals surface area (Å²) in [5.74, 6) is -0.284. The fourth-order valence-corrected chi connectivity index (χ4v) is 4.73. The van der Waals surface area contributed by atoms with E-state index in [2.05, 4.69) is 33.2 Å². The Morgan fingerprint density at radius 2 is 1.74 bits per heavy atom. The molecule has 0 bridgehead atoms. The van der Waals surface area contributed by atoms with Gasteiger partial charge in [0.15, 0.2) is 0 Å². The summed E-state index contributed by atoms with van der Waals surface area (Å²) in [6.07, 6.45) is 1.68. The standard InChI is InChI=1S/C23H25N3O3S2/c1-16-6-7-17(2)21(13-16)30-23-20(5-4-12-25-23)22(27)26-14-18-8-10-19(11-9-18)15-31(28,29)24-3/h4-13,24H,14-15H2,1-3H3,(H,26,27). The number of benzene rings is 2. The van der Waals surface area contributed by atoms with Crippen molar-refractivity contribution in [3.8, 4) is 0 Å². The Hall–Kier alpha value is -2.68. The predicted octanol–water partition coefficient (Wildman–Crippen LogP) is 3.83. The van der Waals surface area contributed by atoms with Crippen molar-refractivity contribution >= 4 is 27.7 Å². The van der Waals surface area contributed by atoms with Crippen LogP contribution in [0.5, 0.6) is 0 Å². The van der Waals surface area contributed by atoms with Crippen molar-refractivity contribution in [1.29, 1.82) is 0 Å². The number of nitrogens with one attached hydrogen (secondary N) is 2. The van der Waals surface area contributed by atoms with Gasteiger partial charge >= 0.3 is 0 Å². The van der Waals surface area contributed by atoms with E-state index in [-0.39, 0.29) is 11.7 Å². The van der Waals surface area contributed by atoms with Gasteiger partial charge in [0.2, 0.25) is 10.0 Å². The zero-order chi connectivity index (χ0) is 22.4. The SMILES string of the molecule is CNS(=O)(=O)Cc1ccc(CNC(=O)c2cccnc2Sc2cc(C)ccc2C)cc1. The van der Waals surface area contributed by atoms with E-state index in [4.69, 9.17) is 0 Å². The fourth-order valence-electron chi connectivity index (χ4n) is 2.89. The van der Waals surface area contributed by atoms with Crippen LogP contribution in [0.25, 0.3) is 0 Å². The third-order valence-electron chi connectivity index (χ3n) is 4.71. The highest BCUT2D eigenvalue weighted by molar-refractivity contribution is 7.99. The van der Waals surface area contributed by atoms with E-state index in [1.54, 1.807) is 30.5 Å². The van der Waals surface area contributed by atoms with Crippen LogP contribution in [0, 0.1) is 13.8 Å². The third-order valence-corrected chi connectivity index (χ3v) is 7.22. The molecule has 162 valence electrons. The molecule has 3 aromatic rings. The normalized spacial score (nSPS) is 11.3. The predicted molar refractivity (Wildman–Crippen MR) is 124 cm³/mol. The van der Waals surface area contributed by atoms with Crippen LogP contribution >= 0.6 is 11.8 Å². The summed E-state index contributed by atoms with van der Waals surface area (Å²) in [7, 11) is -1.92. The number of nitrogens with zero attached hydrogens (tertiary/aromatic N) is 1. The van der Waals surface area contributed by atoms with Gasteiger partial charge in [-0.25, -0.2) is 18.1 Å². The largest absolute Gasteiger partial charge is 0.348 e. The van der Waals surface area contributed by atoms with Crippen LogP contribution in [0.3, 0.4) is 0 Å². The van der Waals surface area contributed by atoms with Crippen LogP contribution in [0.1, 0.15) is 32.6 Å². The van der Waals surface area contributed by atoms with Crippen LogP contribution in [0.2, 0.25) is 0 Å². The summed E-state index contributed by atoms with van der Waals surface area (Å²) >= 11 is 1.48. The number of hydrogen-bond donors (Lipinski definition) is 2. The lowest BCUT2D eigenvalue weighted by Gasteiger charge is -2.11. The molecule has 0 saturated carbocycles. The first-order chi connectivity index (χ1) is 14.8. The number of carbonyl (C=O) groups excluding carboxylic acids is 1. The van der Waals surface area contributed by atoms with Gasteiger partial charge in [0, 0.05) is 17.6 Å². The van der Waals surface area contributed by atoms with Gasteiger partial charge in [0.05, 0.1) is 11.3 Å². The number of amides is 1. The van der Waals surface area contributed by atoms with Gasteiger partial charge in [-0.2, -0.15) is 0 Å². The molecule has 6 nitrogen and oxygen atoms in total. The lowest BCUT2D eigenvalue weighted by atomic mass is 10.1. The van der Waals surface area contributed by atoms with Crippen molar-refractivity contribution in [2.75, 3.05) is 7.05 Å². The van der Waals surface area contributed by atoms with E-state index in [0.29, 0.717) is 22.7 Å². The van der Waals surface area contributed by atoms with Crippen molar-refractivity contribution in [1.82, 2.24) is 15.0 Å². The highest BCUT2D eigenvalue weighted by atomic mass is 32.2. The maximum Gasteiger partial charge on any atom is 0.254 e. The molecule has 3 rings (SSSR count). The Labute approximate surface area is 187 Å². The summed E-state index contributed by atoms with van der Waals surface area (Å²) < 4.78 is 25.6. The second-order valence-corrected chi connectivity index (χ2v) is 10.1. The Morgan fingerprint density at radius 1 is 1.03 bits per heavy atom. The zero-order valence-electron chi connectivity index (χ0n) is 17.7. The van der Waals surface area contributed by atoms with Gasteiger partial charge in [-0.3, -0.25) is 4.79 Å². The number of hydrogen-bond acceptors (Lipinski definition) is 5. The molecule has 0 aliphatic heterocycles. The monoisotopic (exact) mass is 455 g/mol. The van der Waals surface area contributed by atoms with Crippen LogP contribution in [0.15, 0.2) is 70.7 Å². The Balaban J connectivity index is 1.68. The molecular formula is C23H25N3O3S2. The lowest BCUT2D eigenvalue weighted by Crippen LogP contribution is -2.23. The van der Waals surface area contributed by atoms with Gasteiger partial charge in [-0.1, -0.05) is 48.2 Å². The van der Waals surface area contributed by atoms with E-state index in [0.717, 1.165) is 21.6 Å². The smallest absolute Gasteiger partial charge is 0.254 e. The van der Waals surface area contributed by atoms with Gasteiger partial charge < -0.3 is 5.32 Å². The third kappa shape index (κ3) is 6.40.